The summed E-state index contributed by atoms with van der Waals surface area (Å²) in [5, 5.41) is 3.27. The summed E-state index contributed by atoms with van der Waals surface area (Å²) >= 11 is 8.50. The van der Waals surface area contributed by atoms with Crippen molar-refractivity contribution in [2.75, 3.05) is 0 Å². The van der Waals surface area contributed by atoms with Gasteiger partial charge in [0.25, 0.3) is 0 Å². The molecular formula is C18H21BrN2S. The molecule has 0 aliphatic carbocycles. The van der Waals surface area contributed by atoms with Gasteiger partial charge in [0, 0.05) is 4.47 Å². The number of hydrogen-bond donors (Lipinski definition) is 2. The molecule has 0 bridgehead atoms. The van der Waals surface area contributed by atoms with Crippen LogP contribution in [0.2, 0.25) is 0 Å². The number of nitrogens with two attached hydrogens (primary N) is 1. The van der Waals surface area contributed by atoms with Gasteiger partial charge in [0.05, 0.1) is 17.1 Å². The summed E-state index contributed by atoms with van der Waals surface area (Å²) in [5.74, 6) is 0. The Morgan fingerprint density at radius 3 is 2.27 bits per heavy atom. The van der Waals surface area contributed by atoms with Gasteiger partial charge in [0.2, 0.25) is 0 Å². The van der Waals surface area contributed by atoms with Gasteiger partial charge in [-0.15, -0.1) is 0 Å². The van der Waals surface area contributed by atoms with Gasteiger partial charge in [-0.25, -0.2) is 0 Å². The third kappa shape index (κ3) is 3.57. The van der Waals surface area contributed by atoms with Gasteiger partial charge in [0.15, 0.2) is 0 Å². The second-order valence-electron chi connectivity index (χ2n) is 5.54. The zero-order valence-corrected chi connectivity index (χ0v) is 15.2. The average Bonchev–Trinajstić information content (AvgIpc) is 2.55. The zero-order chi connectivity index (χ0) is 16.2. The van der Waals surface area contributed by atoms with Crippen LogP contribution in [0.4, 0.5) is 0 Å². The molecular weight excluding hydrogens is 356 g/mol. The number of benzene rings is 2. The summed E-state index contributed by atoms with van der Waals surface area (Å²) in [5.41, 5.74) is 11.2. The fourth-order valence-electron chi connectivity index (χ4n) is 2.57. The van der Waals surface area contributed by atoms with Crippen molar-refractivity contribution in [3.8, 4) is 0 Å². The molecule has 0 saturated carbocycles. The molecule has 2 nitrogen and oxygen atoms in total. The van der Waals surface area contributed by atoms with Crippen molar-refractivity contribution in [2.24, 2.45) is 5.73 Å². The minimum absolute atomic E-state index is 0.209. The first kappa shape index (κ1) is 17.1. The Morgan fingerprint density at radius 2 is 1.77 bits per heavy atom. The van der Waals surface area contributed by atoms with Crippen molar-refractivity contribution in [3.05, 3.63) is 69.7 Å². The molecule has 2 aromatic rings. The highest BCUT2D eigenvalue weighted by atomic mass is 79.9. The van der Waals surface area contributed by atoms with E-state index in [1.165, 1.54) is 5.56 Å². The second kappa shape index (κ2) is 7.36. The number of thiocarbonyl (C=S) groups is 1. The van der Waals surface area contributed by atoms with Crippen LogP contribution >= 0.6 is 28.1 Å². The fourth-order valence-corrected chi connectivity index (χ4v) is 3.07. The van der Waals surface area contributed by atoms with Crippen molar-refractivity contribution < 1.29 is 0 Å². The van der Waals surface area contributed by atoms with Crippen molar-refractivity contribution in [1.82, 2.24) is 5.32 Å². The summed E-state index contributed by atoms with van der Waals surface area (Å²) in [6, 6.07) is 16.4. The maximum atomic E-state index is 6.58. The standard InChI is InChI=1S/C18H21BrN2S/c1-3-13-4-6-14(7-5-13)17(20)18(2,21-12-22)15-8-10-16(19)11-9-15/h4-12,17H,3,20H2,1-2H3,(H,21,22). The van der Waals surface area contributed by atoms with Crippen LogP contribution in [0.5, 0.6) is 0 Å². The van der Waals surface area contributed by atoms with E-state index < -0.39 is 5.54 Å². The van der Waals surface area contributed by atoms with Gasteiger partial charge in [-0.1, -0.05) is 71.5 Å². The molecule has 2 rings (SSSR count). The summed E-state index contributed by atoms with van der Waals surface area (Å²) in [6.07, 6.45) is 1.03. The zero-order valence-electron chi connectivity index (χ0n) is 12.8. The molecule has 0 saturated heterocycles. The van der Waals surface area contributed by atoms with Crippen LogP contribution < -0.4 is 11.1 Å². The largest absolute Gasteiger partial charge is 0.371 e. The first-order chi connectivity index (χ1) is 10.5. The number of nitrogens with one attached hydrogen (secondary N) is 1. The molecule has 0 aromatic heterocycles. The third-order valence-corrected chi connectivity index (χ3v) is 4.82. The van der Waals surface area contributed by atoms with E-state index in [9.17, 15) is 0 Å². The van der Waals surface area contributed by atoms with Crippen LogP contribution in [-0.2, 0) is 12.0 Å². The molecule has 22 heavy (non-hydrogen) atoms. The lowest BCUT2D eigenvalue weighted by molar-refractivity contribution is 0.357. The van der Waals surface area contributed by atoms with Gasteiger partial charge in [0.1, 0.15) is 0 Å². The van der Waals surface area contributed by atoms with Crippen molar-refractivity contribution in [2.45, 2.75) is 31.8 Å². The summed E-state index contributed by atoms with van der Waals surface area (Å²) in [4.78, 5) is 0. The third-order valence-electron chi connectivity index (χ3n) is 4.17. The highest BCUT2D eigenvalue weighted by Crippen LogP contribution is 2.33. The van der Waals surface area contributed by atoms with Gasteiger partial charge in [-0.05, 0) is 42.2 Å². The minimum atomic E-state index is -0.462. The Hall–Kier alpha value is -1.23. The Bertz CT molecular complexity index is 625. The average molecular weight is 377 g/mol. The Balaban J connectivity index is 2.39. The van der Waals surface area contributed by atoms with Crippen molar-refractivity contribution in [3.63, 3.8) is 0 Å². The van der Waals surface area contributed by atoms with Gasteiger partial charge in [-0.3, -0.25) is 0 Å². The molecule has 0 spiro atoms. The van der Waals surface area contributed by atoms with E-state index in [-0.39, 0.29) is 6.04 Å². The van der Waals surface area contributed by atoms with E-state index in [0.717, 1.165) is 22.0 Å². The lowest BCUT2D eigenvalue weighted by atomic mass is 9.81. The Kier molecular flexibility index (Phi) is 5.73. The Morgan fingerprint density at radius 1 is 1.18 bits per heavy atom. The summed E-state index contributed by atoms with van der Waals surface area (Å²) in [6.45, 7) is 4.23. The van der Waals surface area contributed by atoms with Crippen LogP contribution in [0.25, 0.3) is 0 Å². The van der Waals surface area contributed by atoms with Crippen LogP contribution in [0, 0.1) is 0 Å². The number of aryl methyl sites for hydroxylation is 1. The molecule has 2 atom stereocenters. The molecule has 3 N–H and O–H groups in total. The van der Waals surface area contributed by atoms with E-state index in [1.54, 1.807) is 5.49 Å². The van der Waals surface area contributed by atoms with Crippen molar-refractivity contribution in [1.29, 1.82) is 0 Å². The summed E-state index contributed by atoms with van der Waals surface area (Å²) < 4.78 is 1.04. The van der Waals surface area contributed by atoms with Gasteiger partial charge < -0.3 is 11.1 Å². The minimum Gasteiger partial charge on any atom is -0.371 e. The topological polar surface area (TPSA) is 38.0 Å². The smallest absolute Gasteiger partial charge is 0.0791 e. The predicted octanol–water partition coefficient (Wildman–Crippen LogP) is 4.47. The number of halogens is 1. The lowest BCUT2D eigenvalue weighted by Crippen LogP contribution is -2.47. The normalized spacial score (nSPS) is 14.9. The molecule has 116 valence electrons. The SMILES string of the molecule is CCc1ccc(C(N)C(C)(NC=S)c2ccc(Br)cc2)cc1. The van der Waals surface area contributed by atoms with Crippen LogP contribution in [0.1, 0.15) is 36.6 Å². The number of hydrogen-bond acceptors (Lipinski definition) is 2. The highest BCUT2D eigenvalue weighted by molar-refractivity contribution is 9.10. The monoisotopic (exact) mass is 376 g/mol. The van der Waals surface area contributed by atoms with Crippen LogP contribution in [-0.4, -0.2) is 5.49 Å². The molecule has 4 heteroatoms. The number of rotatable bonds is 6. The van der Waals surface area contributed by atoms with E-state index in [2.05, 4.69) is 71.5 Å². The van der Waals surface area contributed by atoms with Crippen LogP contribution in [0.3, 0.4) is 0 Å². The van der Waals surface area contributed by atoms with Gasteiger partial charge in [-0.2, -0.15) is 0 Å². The Labute approximate surface area is 146 Å². The first-order valence-corrected chi connectivity index (χ1v) is 8.59. The first-order valence-electron chi connectivity index (χ1n) is 7.33. The second-order valence-corrected chi connectivity index (χ2v) is 6.70. The molecule has 0 amide bonds. The fraction of sp³-hybridized carbons (Fsp3) is 0.278. The molecule has 0 fully saturated rings. The molecule has 0 radical (unpaired) electrons. The van der Waals surface area contributed by atoms with E-state index in [1.807, 2.05) is 12.1 Å². The predicted molar refractivity (Wildman–Crippen MR) is 101 cm³/mol. The van der Waals surface area contributed by atoms with E-state index in [0.29, 0.717) is 0 Å². The maximum absolute atomic E-state index is 6.58. The molecule has 0 aliphatic rings. The van der Waals surface area contributed by atoms with Crippen molar-refractivity contribution >= 4 is 33.6 Å². The quantitative estimate of drug-likeness (QED) is 0.730. The lowest BCUT2D eigenvalue weighted by Gasteiger charge is -2.36. The van der Waals surface area contributed by atoms with E-state index in [4.69, 9.17) is 18.0 Å². The molecule has 0 heterocycles. The maximum Gasteiger partial charge on any atom is 0.0791 e. The molecule has 0 aliphatic heterocycles. The molecule has 2 aromatic carbocycles. The van der Waals surface area contributed by atoms with E-state index >= 15 is 0 Å². The van der Waals surface area contributed by atoms with Crippen LogP contribution in [0.15, 0.2) is 53.0 Å². The highest BCUT2D eigenvalue weighted by Gasteiger charge is 2.33. The molecule has 2 unspecified atom stereocenters. The van der Waals surface area contributed by atoms with Gasteiger partial charge >= 0.3 is 0 Å². The summed E-state index contributed by atoms with van der Waals surface area (Å²) in [7, 11) is 0.